The zero-order chi connectivity index (χ0) is 37.9. The number of nitrogens with one attached hydrogen (secondary N) is 2. The number of carbonyl (C=O) groups excluding carboxylic acids is 1. The van der Waals surface area contributed by atoms with Crippen molar-refractivity contribution < 1.29 is 14.0 Å². The number of amides is 1. The number of carbonyl (C=O) groups is 1. The van der Waals surface area contributed by atoms with E-state index >= 15 is 0 Å². The molecule has 1 saturated heterocycles. The van der Waals surface area contributed by atoms with Gasteiger partial charge in [-0.1, -0.05) is 142 Å². The number of anilines is 1. The van der Waals surface area contributed by atoms with Crippen molar-refractivity contribution in [1.29, 1.82) is 0 Å². The predicted molar refractivity (Wildman–Crippen MR) is 215 cm³/mol. The molecule has 0 unspecified atom stereocenters. The summed E-state index contributed by atoms with van der Waals surface area (Å²) in [4.78, 5) is 40.9. The molecule has 1 amide bonds. The number of benzene rings is 4. The molecular weight excluding hydrogens is 693 g/mol. The number of aromatic amines is 1. The van der Waals surface area contributed by atoms with Gasteiger partial charge >= 0.3 is 0 Å². The van der Waals surface area contributed by atoms with Gasteiger partial charge in [0.2, 0.25) is 11.9 Å². The first-order chi connectivity index (χ1) is 26.0. The normalized spacial score (nSPS) is 17.1. The minimum atomic E-state index is -2.16. The highest BCUT2D eigenvalue weighted by Gasteiger charge is 2.47. The van der Waals surface area contributed by atoms with Crippen LogP contribution < -0.4 is 10.9 Å². The van der Waals surface area contributed by atoms with Gasteiger partial charge in [0.25, 0.3) is 5.56 Å². The zero-order valence-electron chi connectivity index (χ0n) is 31.5. The molecule has 2 N–H and O–H groups in total. The van der Waals surface area contributed by atoms with Crippen molar-refractivity contribution in [2.24, 2.45) is 0 Å². The van der Waals surface area contributed by atoms with Crippen molar-refractivity contribution >= 4 is 31.3 Å². The van der Waals surface area contributed by atoms with Crippen molar-refractivity contribution in [1.82, 2.24) is 24.4 Å². The Hall–Kier alpha value is -5.20. The lowest BCUT2D eigenvalue weighted by Crippen LogP contribution is -2.58. The summed E-state index contributed by atoms with van der Waals surface area (Å²) < 4.78 is 15.6. The Kier molecular flexibility index (Phi) is 10.5. The lowest BCUT2D eigenvalue weighted by atomic mass is 9.75. The summed E-state index contributed by atoms with van der Waals surface area (Å²) in [6.07, 6.45) is 0.781. The summed E-state index contributed by atoms with van der Waals surface area (Å²) in [6.45, 7) is 12.6. The van der Waals surface area contributed by atoms with Crippen molar-refractivity contribution in [2.75, 3.05) is 25.0 Å². The molecule has 3 heterocycles. The molecule has 11 heteroatoms. The maximum Gasteiger partial charge on any atom is 0.280 e. The first-order valence-electron chi connectivity index (χ1n) is 18.5. The standard InChI is InChI=1S/C43H48N6O4Si/c1-42(2,3)54(4,5)52-29-35-27-48(43(32-20-12-7-13-21-32,33-22-14-8-15-23-33)34-24-16-9-17-25-34)28-37(53-35)49-30-44-38-39(49)46-41(47-40(38)51)45-36(50)26-31-18-10-6-11-19-31/h6-25,30,35,37H,26-29H2,1-5H3,(H2,45,46,47,50,51)/t35-,37+/m0/s1. The Labute approximate surface area is 317 Å². The van der Waals surface area contributed by atoms with Crippen LogP contribution in [0.5, 0.6) is 0 Å². The van der Waals surface area contributed by atoms with Gasteiger partial charge in [0.1, 0.15) is 6.23 Å². The smallest absolute Gasteiger partial charge is 0.280 e. The van der Waals surface area contributed by atoms with Crippen LogP contribution in [0.15, 0.2) is 132 Å². The molecule has 0 aliphatic carbocycles. The van der Waals surface area contributed by atoms with Gasteiger partial charge in [-0.25, -0.2) is 4.98 Å². The van der Waals surface area contributed by atoms with E-state index in [2.05, 4.69) is 127 Å². The van der Waals surface area contributed by atoms with Gasteiger partial charge in [0.05, 0.1) is 31.0 Å². The molecule has 2 aromatic heterocycles. The van der Waals surface area contributed by atoms with Gasteiger partial charge in [-0.05, 0) is 40.4 Å². The molecule has 1 aliphatic rings. The van der Waals surface area contributed by atoms with E-state index in [9.17, 15) is 9.59 Å². The lowest BCUT2D eigenvalue weighted by Gasteiger charge is -2.51. The van der Waals surface area contributed by atoms with E-state index in [4.69, 9.17) is 14.1 Å². The number of nitrogens with zero attached hydrogens (tertiary/aromatic N) is 4. The Morgan fingerprint density at radius 3 is 1.93 bits per heavy atom. The van der Waals surface area contributed by atoms with E-state index in [1.165, 1.54) is 0 Å². The molecular formula is C43H48N6O4Si. The van der Waals surface area contributed by atoms with Gasteiger partial charge < -0.3 is 9.16 Å². The fourth-order valence-corrected chi connectivity index (χ4v) is 8.13. The van der Waals surface area contributed by atoms with Gasteiger partial charge in [0, 0.05) is 13.1 Å². The summed E-state index contributed by atoms with van der Waals surface area (Å²) in [5, 5.41) is 2.80. The maximum atomic E-state index is 13.4. The first kappa shape index (κ1) is 37.1. The highest BCUT2D eigenvalue weighted by molar-refractivity contribution is 6.74. The van der Waals surface area contributed by atoms with Crippen LogP contribution in [0.3, 0.4) is 0 Å². The van der Waals surface area contributed by atoms with Crippen molar-refractivity contribution in [2.45, 2.75) is 63.2 Å². The molecule has 4 aromatic carbocycles. The number of hydrogen-bond acceptors (Lipinski definition) is 7. The van der Waals surface area contributed by atoms with Crippen molar-refractivity contribution in [3.63, 3.8) is 0 Å². The second-order valence-electron chi connectivity index (χ2n) is 15.4. The molecule has 6 aromatic rings. The molecule has 0 saturated carbocycles. The van der Waals surface area contributed by atoms with Crippen LogP contribution in [-0.4, -0.2) is 64.4 Å². The van der Waals surface area contributed by atoms with E-state index in [1.54, 1.807) is 6.33 Å². The van der Waals surface area contributed by atoms with Crippen molar-refractivity contribution in [3.8, 4) is 0 Å². The number of rotatable bonds is 11. The summed E-state index contributed by atoms with van der Waals surface area (Å²) in [5.41, 5.74) is 3.48. The van der Waals surface area contributed by atoms with E-state index in [0.29, 0.717) is 25.3 Å². The van der Waals surface area contributed by atoms with Crippen LogP contribution in [0.25, 0.3) is 11.2 Å². The van der Waals surface area contributed by atoms with E-state index in [0.717, 1.165) is 22.3 Å². The van der Waals surface area contributed by atoms with Crippen LogP contribution in [0.2, 0.25) is 18.1 Å². The summed E-state index contributed by atoms with van der Waals surface area (Å²) in [6, 6.07) is 41.1. The van der Waals surface area contributed by atoms with Gasteiger partial charge in [-0.2, -0.15) is 4.98 Å². The molecule has 1 fully saturated rings. The van der Waals surface area contributed by atoms with E-state index < -0.39 is 25.6 Å². The number of aromatic nitrogens is 4. The minimum Gasteiger partial charge on any atom is -0.414 e. The Bertz CT molecular complexity index is 2140. The summed E-state index contributed by atoms with van der Waals surface area (Å²) >= 11 is 0. The Morgan fingerprint density at radius 2 is 1.39 bits per heavy atom. The summed E-state index contributed by atoms with van der Waals surface area (Å²) in [7, 11) is -2.16. The third-order valence-electron chi connectivity index (χ3n) is 10.8. The molecule has 2 atom stereocenters. The van der Waals surface area contributed by atoms with Crippen LogP contribution in [0.4, 0.5) is 5.95 Å². The molecule has 1 aliphatic heterocycles. The average molecular weight is 741 g/mol. The maximum absolute atomic E-state index is 13.4. The second-order valence-corrected chi connectivity index (χ2v) is 20.3. The molecule has 0 bridgehead atoms. The fourth-order valence-electron chi connectivity index (χ4n) is 7.09. The number of imidazole rings is 1. The van der Waals surface area contributed by atoms with Crippen LogP contribution in [0, 0.1) is 0 Å². The Balaban J connectivity index is 1.33. The molecule has 54 heavy (non-hydrogen) atoms. The molecule has 7 rings (SSSR count). The lowest BCUT2D eigenvalue weighted by molar-refractivity contribution is -0.146. The second kappa shape index (κ2) is 15.3. The van der Waals surface area contributed by atoms with Gasteiger partial charge in [-0.15, -0.1) is 0 Å². The molecule has 0 radical (unpaired) electrons. The molecule has 10 nitrogen and oxygen atoms in total. The third kappa shape index (κ3) is 7.45. The number of ether oxygens (including phenoxy) is 1. The summed E-state index contributed by atoms with van der Waals surface area (Å²) in [5.74, 6) is -0.246. The van der Waals surface area contributed by atoms with Crippen LogP contribution in [-0.2, 0) is 25.9 Å². The SMILES string of the molecule is CC(C)(C)[Si](C)(C)OC[C@@H]1CN(C(c2ccccc2)(c2ccccc2)c2ccccc2)C[C@H](n2cnc3c(=O)[nH]c(NC(=O)Cc4ccccc4)nc32)O1. The first-order valence-corrected chi connectivity index (χ1v) is 21.4. The van der Waals surface area contributed by atoms with Crippen molar-refractivity contribution in [3.05, 3.63) is 160 Å². The largest absolute Gasteiger partial charge is 0.414 e. The van der Waals surface area contributed by atoms with Gasteiger partial charge in [-0.3, -0.25) is 29.4 Å². The molecule has 278 valence electrons. The number of hydrogen-bond donors (Lipinski definition) is 2. The fraction of sp³-hybridized carbons (Fsp3) is 0.302. The van der Waals surface area contributed by atoms with E-state index in [1.807, 2.05) is 53.1 Å². The topological polar surface area (TPSA) is 114 Å². The van der Waals surface area contributed by atoms with Gasteiger partial charge in [0.15, 0.2) is 19.5 Å². The Morgan fingerprint density at radius 1 is 0.852 bits per heavy atom. The highest BCUT2D eigenvalue weighted by atomic mass is 28.4. The third-order valence-corrected chi connectivity index (χ3v) is 15.3. The molecule has 0 spiro atoms. The number of fused-ring (bicyclic) bond motifs is 1. The zero-order valence-corrected chi connectivity index (χ0v) is 32.5. The van der Waals surface area contributed by atoms with Crippen LogP contribution in [0.1, 0.15) is 49.3 Å². The van der Waals surface area contributed by atoms with E-state index in [-0.39, 0.29) is 34.9 Å². The monoisotopic (exact) mass is 740 g/mol. The highest BCUT2D eigenvalue weighted by Crippen LogP contribution is 2.45. The average Bonchev–Trinajstić information content (AvgIpc) is 3.60. The number of H-pyrrole nitrogens is 1. The predicted octanol–water partition coefficient (Wildman–Crippen LogP) is 7.51. The minimum absolute atomic E-state index is 0.00940. The van der Waals surface area contributed by atoms with Crippen LogP contribution >= 0.6 is 0 Å². The number of morpholine rings is 1. The quantitative estimate of drug-likeness (QED) is 0.104.